The van der Waals surface area contributed by atoms with Gasteiger partial charge in [-0.2, -0.15) is 13.2 Å². The summed E-state index contributed by atoms with van der Waals surface area (Å²) < 4.78 is 37.5. The van der Waals surface area contributed by atoms with Crippen molar-refractivity contribution in [3.05, 3.63) is 84.8 Å². The summed E-state index contributed by atoms with van der Waals surface area (Å²) in [6, 6.07) is 20.1. The van der Waals surface area contributed by atoms with Crippen LogP contribution in [0.5, 0.6) is 11.5 Å². The number of aromatic amines is 1. The maximum Gasteiger partial charge on any atom is 0.490 e. The summed E-state index contributed by atoms with van der Waals surface area (Å²) in [5, 5.41) is 11.9. The Bertz CT molecular complexity index is 1140. The lowest BCUT2D eigenvalue weighted by Gasteiger charge is -2.08. The Morgan fingerprint density at radius 2 is 1.75 bits per heavy atom. The third kappa shape index (κ3) is 6.49. The molecule has 0 bridgehead atoms. The van der Waals surface area contributed by atoms with Crippen molar-refractivity contribution in [2.45, 2.75) is 12.6 Å². The summed E-state index contributed by atoms with van der Waals surface area (Å²) in [5.41, 5.74) is 3.60. The fourth-order valence-corrected chi connectivity index (χ4v) is 2.86. The lowest BCUT2D eigenvalue weighted by atomic mass is 10.1. The van der Waals surface area contributed by atoms with E-state index in [1.807, 2.05) is 36.4 Å². The van der Waals surface area contributed by atoms with Gasteiger partial charge < -0.3 is 20.1 Å². The molecule has 0 atom stereocenters. The van der Waals surface area contributed by atoms with E-state index in [-0.39, 0.29) is 0 Å². The number of carboxylic acid groups (broad SMARTS) is 1. The number of aromatic nitrogens is 2. The summed E-state index contributed by atoms with van der Waals surface area (Å²) in [6.45, 7) is 0.880. The maximum atomic E-state index is 10.6. The van der Waals surface area contributed by atoms with Gasteiger partial charge in [-0.05, 0) is 54.4 Å². The standard InChI is InChI=1S/C21H19N3O.C2HF3O2/c1-2-6-21-20(5-1)16(14-24-21)11-13-23-17-7-9-18(10-8-17)25-19-4-3-12-22-15-19;3-2(4,5)1(6)7/h1-10,12,14-15,23-24H,11,13H2;(H,6,7). The van der Waals surface area contributed by atoms with E-state index in [0.717, 1.165) is 30.2 Å². The molecule has 32 heavy (non-hydrogen) atoms. The van der Waals surface area contributed by atoms with Crippen LogP contribution in [0.2, 0.25) is 0 Å². The Kier molecular flexibility index (Phi) is 7.33. The molecular weight excluding hydrogens is 423 g/mol. The number of fused-ring (bicyclic) bond motifs is 1. The van der Waals surface area contributed by atoms with Crippen molar-refractivity contribution in [3.63, 3.8) is 0 Å². The number of pyridine rings is 1. The van der Waals surface area contributed by atoms with Crippen molar-refractivity contribution >= 4 is 22.6 Å². The molecule has 3 N–H and O–H groups in total. The van der Waals surface area contributed by atoms with Gasteiger partial charge in [0.25, 0.3) is 0 Å². The number of aliphatic carboxylic acids is 1. The molecule has 6 nitrogen and oxygen atoms in total. The largest absolute Gasteiger partial charge is 0.490 e. The van der Waals surface area contributed by atoms with Crippen molar-refractivity contribution in [1.29, 1.82) is 0 Å². The number of nitrogens with one attached hydrogen (secondary N) is 2. The van der Waals surface area contributed by atoms with Crippen molar-refractivity contribution < 1.29 is 27.8 Å². The third-order valence-corrected chi connectivity index (χ3v) is 4.37. The van der Waals surface area contributed by atoms with E-state index in [4.69, 9.17) is 14.6 Å². The maximum absolute atomic E-state index is 10.6. The molecule has 4 aromatic rings. The molecule has 0 fully saturated rings. The minimum absolute atomic E-state index is 0.738. The number of nitrogens with zero attached hydrogens (tertiary/aromatic N) is 1. The van der Waals surface area contributed by atoms with E-state index >= 15 is 0 Å². The van der Waals surface area contributed by atoms with Crippen LogP contribution in [0.1, 0.15) is 5.56 Å². The molecule has 0 radical (unpaired) electrons. The zero-order valence-electron chi connectivity index (χ0n) is 16.8. The van der Waals surface area contributed by atoms with Gasteiger partial charge in [0, 0.05) is 35.5 Å². The predicted octanol–water partition coefficient (Wildman–Crippen LogP) is 5.64. The van der Waals surface area contributed by atoms with Gasteiger partial charge in [0.15, 0.2) is 0 Å². The Morgan fingerprint density at radius 3 is 2.41 bits per heavy atom. The molecule has 2 aromatic heterocycles. The second kappa shape index (κ2) is 10.3. The SMILES string of the molecule is O=C(O)C(F)(F)F.c1cncc(Oc2ccc(NCCc3c[nH]c4ccccc34)cc2)c1. The highest BCUT2D eigenvalue weighted by Crippen LogP contribution is 2.22. The molecule has 2 aromatic carbocycles. The van der Waals surface area contributed by atoms with Crippen molar-refractivity contribution in [3.8, 4) is 11.5 Å². The molecule has 0 amide bonds. The molecule has 0 aliphatic carbocycles. The smallest absolute Gasteiger partial charge is 0.475 e. The highest BCUT2D eigenvalue weighted by molar-refractivity contribution is 5.83. The van der Waals surface area contributed by atoms with Crippen LogP contribution in [0.25, 0.3) is 10.9 Å². The van der Waals surface area contributed by atoms with Gasteiger partial charge in [-0.25, -0.2) is 4.79 Å². The number of carbonyl (C=O) groups is 1. The molecule has 0 spiro atoms. The van der Waals surface area contributed by atoms with E-state index in [1.165, 1.54) is 16.5 Å². The van der Waals surface area contributed by atoms with Gasteiger partial charge in [-0.3, -0.25) is 4.98 Å². The van der Waals surface area contributed by atoms with Crippen LogP contribution in [-0.2, 0) is 11.2 Å². The first-order valence-electron chi connectivity index (χ1n) is 9.60. The Labute approximate surface area is 181 Å². The van der Waals surface area contributed by atoms with Crippen molar-refractivity contribution in [1.82, 2.24) is 9.97 Å². The normalized spacial score (nSPS) is 10.8. The topological polar surface area (TPSA) is 87.2 Å². The summed E-state index contributed by atoms with van der Waals surface area (Å²) in [6.07, 6.45) is 1.41. The molecule has 0 saturated heterocycles. The number of benzene rings is 2. The van der Waals surface area contributed by atoms with Crippen LogP contribution >= 0.6 is 0 Å². The highest BCUT2D eigenvalue weighted by Gasteiger charge is 2.38. The minimum atomic E-state index is -5.08. The lowest BCUT2D eigenvalue weighted by molar-refractivity contribution is -0.192. The van der Waals surface area contributed by atoms with Gasteiger partial charge >= 0.3 is 12.1 Å². The number of para-hydroxylation sites is 1. The lowest BCUT2D eigenvalue weighted by Crippen LogP contribution is -2.21. The predicted molar refractivity (Wildman–Crippen MR) is 115 cm³/mol. The second-order valence-electron chi connectivity index (χ2n) is 6.65. The van der Waals surface area contributed by atoms with Crippen LogP contribution in [0.15, 0.2) is 79.3 Å². The molecular formula is C23H20F3N3O3. The number of hydrogen-bond acceptors (Lipinski definition) is 4. The Hall–Kier alpha value is -4.01. The summed E-state index contributed by atoms with van der Waals surface area (Å²) in [4.78, 5) is 16.3. The molecule has 0 aliphatic heterocycles. The summed E-state index contributed by atoms with van der Waals surface area (Å²) in [7, 11) is 0. The van der Waals surface area contributed by atoms with Crippen LogP contribution in [0.3, 0.4) is 0 Å². The first kappa shape index (κ1) is 22.7. The first-order valence-corrected chi connectivity index (χ1v) is 9.60. The van der Waals surface area contributed by atoms with Crippen LogP contribution < -0.4 is 10.1 Å². The Balaban J connectivity index is 0.000000360. The van der Waals surface area contributed by atoms with Crippen molar-refractivity contribution in [2.24, 2.45) is 0 Å². The first-order chi connectivity index (χ1) is 15.3. The Morgan fingerprint density at radius 1 is 1.03 bits per heavy atom. The fraction of sp³-hybridized carbons (Fsp3) is 0.130. The van der Waals surface area contributed by atoms with Gasteiger partial charge in [0.05, 0.1) is 6.20 Å². The number of hydrogen-bond donors (Lipinski definition) is 3. The van der Waals surface area contributed by atoms with E-state index in [2.05, 4.69) is 45.7 Å². The van der Waals surface area contributed by atoms with E-state index in [1.54, 1.807) is 12.4 Å². The molecule has 9 heteroatoms. The molecule has 0 unspecified atom stereocenters. The molecule has 4 rings (SSSR count). The van der Waals surface area contributed by atoms with Gasteiger partial charge in [0.2, 0.25) is 0 Å². The molecule has 0 saturated carbocycles. The van der Waals surface area contributed by atoms with Crippen LogP contribution in [0.4, 0.5) is 18.9 Å². The zero-order chi connectivity index (χ0) is 23.0. The van der Waals surface area contributed by atoms with Crippen LogP contribution in [0, 0.1) is 0 Å². The average molecular weight is 443 g/mol. The van der Waals surface area contributed by atoms with Crippen molar-refractivity contribution in [2.75, 3.05) is 11.9 Å². The molecule has 0 aliphatic rings. The van der Waals surface area contributed by atoms with Gasteiger partial charge in [0.1, 0.15) is 11.5 Å². The van der Waals surface area contributed by atoms with E-state index in [0.29, 0.717) is 0 Å². The molecule has 2 heterocycles. The fourth-order valence-electron chi connectivity index (χ4n) is 2.86. The summed E-state index contributed by atoms with van der Waals surface area (Å²) in [5.74, 6) is -1.22. The minimum Gasteiger partial charge on any atom is -0.475 e. The zero-order valence-corrected chi connectivity index (χ0v) is 16.8. The number of carboxylic acids is 1. The third-order valence-electron chi connectivity index (χ3n) is 4.37. The molecule has 166 valence electrons. The van der Waals surface area contributed by atoms with E-state index < -0.39 is 12.1 Å². The monoisotopic (exact) mass is 443 g/mol. The number of halogens is 3. The number of ether oxygens (including phenoxy) is 1. The highest BCUT2D eigenvalue weighted by atomic mass is 19.4. The van der Waals surface area contributed by atoms with Crippen LogP contribution in [-0.4, -0.2) is 33.8 Å². The van der Waals surface area contributed by atoms with Gasteiger partial charge in [-0.15, -0.1) is 0 Å². The number of H-pyrrole nitrogens is 1. The summed E-state index contributed by atoms with van der Waals surface area (Å²) >= 11 is 0. The number of anilines is 1. The number of alkyl halides is 3. The second-order valence-corrected chi connectivity index (χ2v) is 6.65. The average Bonchev–Trinajstić information content (AvgIpc) is 3.19. The van der Waals surface area contributed by atoms with Gasteiger partial charge in [-0.1, -0.05) is 18.2 Å². The number of rotatable bonds is 6. The van der Waals surface area contributed by atoms with E-state index in [9.17, 15) is 13.2 Å². The quantitative estimate of drug-likeness (QED) is 0.359.